The van der Waals surface area contributed by atoms with Crippen molar-refractivity contribution in [3.8, 4) is 0 Å². The van der Waals surface area contributed by atoms with E-state index >= 15 is 0 Å². The zero-order chi connectivity index (χ0) is 20.9. The van der Waals surface area contributed by atoms with Crippen molar-refractivity contribution < 1.29 is 18.4 Å². The van der Waals surface area contributed by atoms with E-state index < -0.39 is 10.0 Å². The van der Waals surface area contributed by atoms with Crippen molar-refractivity contribution in [2.75, 3.05) is 6.54 Å². The maximum atomic E-state index is 13.3. The molecule has 8 heteroatoms. The zero-order valence-corrected chi connectivity index (χ0v) is 17.6. The molecule has 1 saturated carbocycles. The van der Waals surface area contributed by atoms with E-state index in [4.69, 9.17) is 16.8 Å². The Hall–Kier alpha value is -1.93. The highest BCUT2D eigenvalue weighted by Crippen LogP contribution is 2.31. The molecule has 0 heterocycles. The molecule has 1 aliphatic rings. The summed E-state index contributed by atoms with van der Waals surface area (Å²) in [5, 5.41) is 9.42. The number of carbonyl (C=O) groups is 1. The molecule has 1 fully saturated rings. The van der Waals surface area contributed by atoms with Crippen LogP contribution < -0.4 is 5.48 Å². The number of hydrogen-bond acceptors (Lipinski definition) is 4. The van der Waals surface area contributed by atoms with Gasteiger partial charge in [-0.15, -0.1) is 0 Å². The molecule has 0 radical (unpaired) electrons. The summed E-state index contributed by atoms with van der Waals surface area (Å²) in [6.45, 7) is 0.638. The summed E-state index contributed by atoms with van der Waals surface area (Å²) in [7, 11) is -3.66. The molecule has 0 atom stereocenters. The van der Waals surface area contributed by atoms with Gasteiger partial charge in [0.2, 0.25) is 15.9 Å². The van der Waals surface area contributed by atoms with E-state index in [9.17, 15) is 13.2 Å². The molecule has 1 amide bonds. The molecule has 2 N–H and O–H groups in total. The second-order valence-corrected chi connectivity index (χ2v) is 9.81. The summed E-state index contributed by atoms with van der Waals surface area (Å²) in [6, 6.07) is 15.6. The Bertz CT molecular complexity index is 911. The Morgan fingerprint density at radius 3 is 2.24 bits per heavy atom. The van der Waals surface area contributed by atoms with Gasteiger partial charge >= 0.3 is 0 Å². The molecule has 0 saturated heterocycles. The van der Waals surface area contributed by atoms with Crippen LogP contribution in [0.5, 0.6) is 0 Å². The molecule has 156 valence electrons. The average Bonchev–Trinajstić information content (AvgIpc) is 2.75. The lowest BCUT2D eigenvalue weighted by Gasteiger charge is -2.31. The predicted molar refractivity (Wildman–Crippen MR) is 111 cm³/mol. The van der Waals surface area contributed by atoms with Crippen molar-refractivity contribution in [2.45, 2.75) is 37.1 Å². The van der Waals surface area contributed by atoms with Crippen LogP contribution in [0, 0.1) is 11.8 Å². The number of hydrogen-bond donors (Lipinski definition) is 2. The Morgan fingerprint density at radius 2 is 1.66 bits per heavy atom. The molecular formula is C21H25ClN2O4S. The maximum Gasteiger partial charge on any atom is 0.246 e. The molecule has 0 aromatic heterocycles. The molecule has 0 bridgehead atoms. The van der Waals surface area contributed by atoms with Crippen LogP contribution in [-0.2, 0) is 21.4 Å². The van der Waals surface area contributed by atoms with Gasteiger partial charge in [0.05, 0.1) is 4.90 Å². The Kier molecular flexibility index (Phi) is 7.29. The lowest BCUT2D eigenvalue weighted by molar-refractivity contribution is -0.134. The summed E-state index contributed by atoms with van der Waals surface area (Å²) in [5.41, 5.74) is 2.58. The van der Waals surface area contributed by atoms with Crippen molar-refractivity contribution >= 4 is 27.5 Å². The average molecular weight is 437 g/mol. The lowest BCUT2D eigenvalue weighted by atomic mass is 9.81. The fourth-order valence-electron chi connectivity index (χ4n) is 3.77. The van der Waals surface area contributed by atoms with Gasteiger partial charge in [-0.3, -0.25) is 10.0 Å². The van der Waals surface area contributed by atoms with Gasteiger partial charge in [0, 0.05) is 24.0 Å². The summed E-state index contributed by atoms with van der Waals surface area (Å²) >= 11 is 5.96. The van der Waals surface area contributed by atoms with E-state index in [1.54, 1.807) is 47.9 Å². The highest BCUT2D eigenvalue weighted by atomic mass is 35.5. The van der Waals surface area contributed by atoms with Crippen LogP contribution in [0.1, 0.15) is 31.2 Å². The smallest absolute Gasteiger partial charge is 0.246 e. The molecule has 3 rings (SSSR count). The van der Waals surface area contributed by atoms with Gasteiger partial charge in [-0.25, -0.2) is 13.9 Å². The number of halogens is 1. The second kappa shape index (κ2) is 9.71. The first kappa shape index (κ1) is 21.8. The third-order valence-corrected chi connectivity index (χ3v) is 7.52. The van der Waals surface area contributed by atoms with Crippen LogP contribution in [0.2, 0.25) is 5.02 Å². The van der Waals surface area contributed by atoms with E-state index in [1.807, 2.05) is 12.1 Å². The molecular weight excluding hydrogens is 412 g/mol. The summed E-state index contributed by atoms with van der Waals surface area (Å²) in [5.74, 6) is -0.423. The molecule has 0 aliphatic heterocycles. The first-order valence-electron chi connectivity index (χ1n) is 9.63. The van der Waals surface area contributed by atoms with Crippen molar-refractivity contribution in [1.29, 1.82) is 0 Å². The SMILES string of the molecule is O=C(NO)C1CCC(CN(Cc2ccc(Cl)cc2)S(=O)(=O)c2ccccc2)CC1. The number of hydroxylamine groups is 1. The molecule has 1 aliphatic carbocycles. The Balaban J connectivity index is 1.78. The number of rotatable bonds is 7. The van der Waals surface area contributed by atoms with Gasteiger partial charge in [0.15, 0.2) is 0 Å². The monoisotopic (exact) mass is 436 g/mol. The Morgan fingerprint density at radius 1 is 1.03 bits per heavy atom. The quantitative estimate of drug-likeness (QED) is 0.510. The third kappa shape index (κ3) is 5.57. The Labute approximate surface area is 176 Å². The molecule has 2 aromatic carbocycles. The molecule has 29 heavy (non-hydrogen) atoms. The van der Waals surface area contributed by atoms with E-state index in [0.717, 1.165) is 18.4 Å². The number of carbonyl (C=O) groups excluding carboxylic acids is 1. The summed E-state index contributed by atoms with van der Waals surface area (Å²) in [4.78, 5) is 11.9. The van der Waals surface area contributed by atoms with Gasteiger partial charge in [-0.05, 0) is 61.4 Å². The summed E-state index contributed by atoms with van der Waals surface area (Å²) in [6.07, 6.45) is 2.74. The van der Waals surface area contributed by atoms with Crippen LogP contribution in [0.3, 0.4) is 0 Å². The highest BCUT2D eigenvalue weighted by molar-refractivity contribution is 7.89. The lowest BCUT2D eigenvalue weighted by Crippen LogP contribution is -2.38. The van der Waals surface area contributed by atoms with E-state index in [0.29, 0.717) is 24.4 Å². The minimum Gasteiger partial charge on any atom is -0.289 e. The predicted octanol–water partition coefficient (Wildman–Crippen LogP) is 3.84. The van der Waals surface area contributed by atoms with Gasteiger partial charge in [-0.1, -0.05) is 41.9 Å². The zero-order valence-electron chi connectivity index (χ0n) is 16.0. The fourth-order valence-corrected chi connectivity index (χ4v) is 5.42. The number of amides is 1. The fraction of sp³-hybridized carbons (Fsp3) is 0.381. The number of nitrogens with zero attached hydrogens (tertiary/aromatic N) is 1. The highest BCUT2D eigenvalue weighted by Gasteiger charge is 2.31. The van der Waals surface area contributed by atoms with Crippen LogP contribution in [0.25, 0.3) is 0 Å². The van der Waals surface area contributed by atoms with Crippen molar-refractivity contribution in [2.24, 2.45) is 11.8 Å². The molecule has 2 aromatic rings. The molecule has 0 spiro atoms. The van der Waals surface area contributed by atoms with Crippen LogP contribution in [-0.4, -0.2) is 30.4 Å². The minimum absolute atomic E-state index is 0.156. The van der Waals surface area contributed by atoms with Gasteiger partial charge < -0.3 is 0 Å². The molecule has 0 unspecified atom stereocenters. The van der Waals surface area contributed by atoms with Gasteiger partial charge in [0.25, 0.3) is 0 Å². The van der Waals surface area contributed by atoms with Crippen LogP contribution in [0.4, 0.5) is 0 Å². The van der Waals surface area contributed by atoms with E-state index in [-0.39, 0.29) is 29.2 Å². The topological polar surface area (TPSA) is 86.7 Å². The van der Waals surface area contributed by atoms with Crippen molar-refractivity contribution in [3.63, 3.8) is 0 Å². The van der Waals surface area contributed by atoms with Crippen LogP contribution in [0.15, 0.2) is 59.5 Å². The van der Waals surface area contributed by atoms with Crippen LogP contribution >= 0.6 is 11.6 Å². The maximum absolute atomic E-state index is 13.3. The van der Waals surface area contributed by atoms with Gasteiger partial charge in [-0.2, -0.15) is 4.31 Å². The standard InChI is InChI=1S/C21H25ClN2O4S/c22-19-12-8-17(9-13-19)15-24(29(27,28)20-4-2-1-3-5-20)14-16-6-10-18(11-7-16)21(25)23-26/h1-5,8-9,12-13,16,18,26H,6-7,10-11,14-15H2,(H,23,25). The molecule has 6 nitrogen and oxygen atoms in total. The first-order valence-corrected chi connectivity index (χ1v) is 11.5. The van der Waals surface area contributed by atoms with E-state index in [2.05, 4.69) is 0 Å². The second-order valence-electron chi connectivity index (χ2n) is 7.43. The largest absolute Gasteiger partial charge is 0.289 e. The summed E-state index contributed by atoms with van der Waals surface area (Å²) < 4.78 is 28.1. The number of sulfonamides is 1. The number of nitrogens with one attached hydrogen (secondary N) is 1. The van der Waals surface area contributed by atoms with Crippen molar-refractivity contribution in [1.82, 2.24) is 9.79 Å². The third-order valence-electron chi connectivity index (χ3n) is 5.44. The number of benzene rings is 2. The van der Waals surface area contributed by atoms with Gasteiger partial charge in [0.1, 0.15) is 0 Å². The van der Waals surface area contributed by atoms with E-state index in [1.165, 1.54) is 4.31 Å². The van der Waals surface area contributed by atoms with Crippen molar-refractivity contribution in [3.05, 3.63) is 65.2 Å². The normalized spacial score (nSPS) is 19.8. The first-order chi connectivity index (χ1) is 13.9. The minimum atomic E-state index is -3.66.